The number of carbonyl (C=O) groups is 1. The molecule has 35 heavy (non-hydrogen) atoms. The van der Waals surface area contributed by atoms with Crippen molar-refractivity contribution in [3.8, 4) is 23.2 Å². The summed E-state index contributed by atoms with van der Waals surface area (Å²) in [6.45, 7) is 0.185. The van der Waals surface area contributed by atoms with E-state index in [2.05, 4.69) is 32.0 Å². The summed E-state index contributed by atoms with van der Waals surface area (Å²) in [5.74, 6) is -0.458. The smallest absolute Gasteiger partial charge is 0.259 e. The first-order valence-electron chi connectivity index (χ1n) is 10.2. The van der Waals surface area contributed by atoms with Crippen molar-refractivity contribution in [3.63, 3.8) is 0 Å². The van der Waals surface area contributed by atoms with Crippen LogP contribution in [0.15, 0.2) is 65.3 Å². The number of ether oxygens (including phenoxy) is 1. The number of rotatable bonds is 6. The molecule has 0 spiro atoms. The van der Waals surface area contributed by atoms with E-state index in [0.717, 1.165) is 0 Å². The molecule has 2 heterocycles. The Bertz CT molecular complexity index is 1580. The van der Waals surface area contributed by atoms with E-state index in [1.165, 1.54) is 18.4 Å². The molecule has 0 aliphatic heterocycles. The summed E-state index contributed by atoms with van der Waals surface area (Å²) in [4.78, 5) is 12.8. The van der Waals surface area contributed by atoms with Crippen molar-refractivity contribution in [3.05, 3.63) is 88.4 Å². The van der Waals surface area contributed by atoms with Crippen molar-refractivity contribution in [2.75, 3.05) is 5.32 Å². The van der Waals surface area contributed by atoms with Gasteiger partial charge in [0.15, 0.2) is 0 Å². The van der Waals surface area contributed by atoms with Crippen LogP contribution >= 0.6 is 11.6 Å². The number of nitrogens with one attached hydrogen (secondary N) is 2. The third-order valence-electron chi connectivity index (χ3n) is 5.19. The molecule has 2 aromatic heterocycles. The number of benzene rings is 3. The first-order chi connectivity index (χ1) is 17.0. The lowest BCUT2D eigenvalue weighted by Gasteiger charge is -2.09. The minimum absolute atomic E-state index is 0.0778. The number of carbonyl (C=O) groups excluding carboxylic acids is 1. The summed E-state index contributed by atoms with van der Waals surface area (Å²) in [6.07, 6.45) is 1.26. The number of hydrogen-bond acceptors (Lipinski definition) is 7. The fourth-order valence-electron chi connectivity index (χ4n) is 3.44. The zero-order valence-electron chi connectivity index (χ0n) is 17.8. The Balaban J connectivity index is 1.28. The van der Waals surface area contributed by atoms with E-state index >= 15 is 0 Å². The highest BCUT2D eigenvalue weighted by molar-refractivity contribution is 6.30. The molecular formula is C24H14ClFN6O3. The Morgan fingerprint density at radius 3 is 2.77 bits per heavy atom. The number of H-pyrrole nitrogens is 1. The first-order valence-corrected chi connectivity index (χ1v) is 10.6. The zero-order valence-corrected chi connectivity index (χ0v) is 18.5. The van der Waals surface area contributed by atoms with E-state index in [4.69, 9.17) is 20.8 Å². The molecule has 0 bridgehead atoms. The summed E-state index contributed by atoms with van der Waals surface area (Å²) < 4.78 is 25.8. The number of halogens is 2. The van der Waals surface area contributed by atoms with Crippen LogP contribution in [-0.2, 0) is 6.61 Å². The van der Waals surface area contributed by atoms with Crippen LogP contribution < -0.4 is 10.1 Å². The lowest BCUT2D eigenvalue weighted by Crippen LogP contribution is -2.11. The highest BCUT2D eigenvalue weighted by atomic mass is 35.5. The Morgan fingerprint density at radius 1 is 1.20 bits per heavy atom. The summed E-state index contributed by atoms with van der Waals surface area (Å²) in [5, 5.41) is 26.0. The maximum atomic E-state index is 14.6. The van der Waals surface area contributed by atoms with Crippen LogP contribution in [0.1, 0.15) is 21.5 Å². The van der Waals surface area contributed by atoms with Gasteiger partial charge in [0.25, 0.3) is 5.91 Å². The molecule has 0 unspecified atom stereocenters. The molecule has 9 nitrogen and oxygen atoms in total. The van der Waals surface area contributed by atoms with Crippen molar-refractivity contribution in [2.24, 2.45) is 0 Å². The zero-order chi connectivity index (χ0) is 24.4. The average molecular weight is 489 g/mol. The fourth-order valence-corrected chi connectivity index (χ4v) is 3.62. The molecule has 0 aliphatic carbocycles. The molecule has 172 valence electrons. The molecule has 0 fully saturated rings. The van der Waals surface area contributed by atoms with Gasteiger partial charge in [0, 0.05) is 21.7 Å². The van der Waals surface area contributed by atoms with Crippen LogP contribution in [0.3, 0.4) is 0 Å². The third-order valence-corrected chi connectivity index (χ3v) is 5.43. The van der Waals surface area contributed by atoms with Crippen LogP contribution in [0.2, 0.25) is 5.02 Å². The standard InChI is InChI=1S/C24H14ClFN6O3/c25-15-2-1-13(14(7-15)10-27)11-34-17-5-3-16(4-6-17)28-24(33)20-12-35-22-9-19(21(26)8-18(20)22)23-29-31-32-30-23/h1-9,12H,11H2,(H,28,33)(H,29,30,31,32). The van der Waals surface area contributed by atoms with Gasteiger partial charge >= 0.3 is 0 Å². The van der Waals surface area contributed by atoms with Gasteiger partial charge in [-0.15, -0.1) is 10.2 Å². The van der Waals surface area contributed by atoms with Gasteiger partial charge in [-0.2, -0.15) is 10.5 Å². The van der Waals surface area contributed by atoms with Crippen molar-refractivity contribution in [1.82, 2.24) is 20.6 Å². The molecular weight excluding hydrogens is 475 g/mol. The molecule has 2 N–H and O–H groups in total. The van der Waals surface area contributed by atoms with Crippen LogP contribution in [0.5, 0.6) is 5.75 Å². The van der Waals surface area contributed by atoms with Gasteiger partial charge in [-0.1, -0.05) is 17.7 Å². The lowest BCUT2D eigenvalue weighted by atomic mass is 10.1. The number of aromatic amines is 1. The van der Waals surface area contributed by atoms with E-state index in [1.54, 1.807) is 42.5 Å². The normalized spacial score (nSPS) is 10.8. The number of hydrogen-bond donors (Lipinski definition) is 2. The Kier molecular flexibility index (Phi) is 5.83. The predicted molar refractivity (Wildman–Crippen MR) is 124 cm³/mol. The second-order valence-corrected chi connectivity index (χ2v) is 7.83. The molecule has 3 aromatic carbocycles. The highest BCUT2D eigenvalue weighted by Gasteiger charge is 2.19. The molecule has 11 heteroatoms. The second kappa shape index (κ2) is 9.24. The van der Waals surface area contributed by atoms with Gasteiger partial charge in [-0.05, 0) is 53.7 Å². The Morgan fingerprint density at radius 2 is 2.03 bits per heavy atom. The lowest BCUT2D eigenvalue weighted by molar-refractivity contribution is 0.102. The summed E-state index contributed by atoms with van der Waals surface area (Å²) in [5.41, 5.74) is 2.23. The molecule has 5 aromatic rings. The van der Waals surface area contributed by atoms with Crippen LogP contribution in [-0.4, -0.2) is 26.5 Å². The molecule has 0 aliphatic rings. The van der Waals surface area contributed by atoms with Gasteiger partial charge < -0.3 is 14.5 Å². The maximum absolute atomic E-state index is 14.6. The van der Waals surface area contributed by atoms with Gasteiger partial charge in [0.05, 0.1) is 22.8 Å². The summed E-state index contributed by atoms with van der Waals surface area (Å²) in [6, 6.07) is 16.4. The minimum atomic E-state index is -0.615. The monoisotopic (exact) mass is 488 g/mol. The van der Waals surface area contributed by atoms with Gasteiger partial charge in [-0.3, -0.25) is 4.79 Å². The number of anilines is 1. The van der Waals surface area contributed by atoms with Crippen molar-refractivity contribution < 1.29 is 18.3 Å². The minimum Gasteiger partial charge on any atom is -0.489 e. The third kappa shape index (κ3) is 4.53. The van der Waals surface area contributed by atoms with Crippen LogP contribution in [0.4, 0.5) is 10.1 Å². The molecule has 0 saturated carbocycles. The number of fused-ring (bicyclic) bond motifs is 1. The predicted octanol–water partition coefficient (Wildman–Crippen LogP) is 5.11. The molecule has 0 saturated heterocycles. The first kappa shape index (κ1) is 22.1. The van der Waals surface area contributed by atoms with Crippen molar-refractivity contribution in [2.45, 2.75) is 6.61 Å². The maximum Gasteiger partial charge on any atom is 0.259 e. The number of nitriles is 1. The van der Waals surface area contributed by atoms with Crippen molar-refractivity contribution >= 4 is 34.2 Å². The highest BCUT2D eigenvalue weighted by Crippen LogP contribution is 2.29. The van der Waals surface area contributed by atoms with Crippen LogP contribution in [0, 0.1) is 17.1 Å². The van der Waals surface area contributed by atoms with Gasteiger partial charge in [0.1, 0.15) is 30.0 Å². The van der Waals surface area contributed by atoms with E-state index in [1.807, 2.05) is 0 Å². The SMILES string of the molecule is N#Cc1cc(Cl)ccc1COc1ccc(NC(=O)c2coc3cc(-c4nn[nH]n4)c(F)cc23)cc1. The Labute approximate surface area is 202 Å². The number of tetrazole rings is 1. The van der Waals surface area contributed by atoms with E-state index in [0.29, 0.717) is 38.6 Å². The average Bonchev–Trinajstić information content (AvgIpc) is 3.53. The van der Waals surface area contributed by atoms with E-state index in [-0.39, 0.29) is 23.6 Å². The second-order valence-electron chi connectivity index (χ2n) is 7.39. The van der Waals surface area contributed by atoms with Crippen molar-refractivity contribution in [1.29, 1.82) is 5.26 Å². The van der Waals surface area contributed by atoms with E-state index < -0.39 is 11.7 Å². The molecule has 0 radical (unpaired) electrons. The topological polar surface area (TPSA) is 130 Å². The summed E-state index contributed by atoms with van der Waals surface area (Å²) in [7, 11) is 0. The summed E-state index contributed by atoms with van der Waals surface area (Å²) >= 11 is 5.92. The number of aromatic nitrogens is 4. The number of nitrogens with zero attached hydrogens (tertiary/aromatic N) is 4. The molecule has 5 rings (SSSR count). The molecule has 0 atom stereocenters. The van der Waals surface area contributed by atoms with Gasteiger partial charge in [0.2, 0.25) is 5.82 Å². The Hall–Kier alpha value is -4.75. The quantitative estimate of drug-likeness (QED) is 0.339. The van der Waals surface area contributed by atoms with E-state index in [9.17, 15) is 14.4 Å². The fraction of sp³-hybridized carbons (Fsp3) is 0.0417. The van der Waals surface area contributed by atoms with Gasteiger partial charge in [-0.25, -0.2) is 4.39 Å². The van der Waals surface area contributed by atoms with Crippen LogP contribution in [0.25, 0.3) is 22.4 Å². The number of amides is 1. The largest absolute Gasteiger partial charge is 0.489 e. The molecule has 1 amide bonds. The number of furan rings is 1.